The average molecular weight is 333 g/mol. The highest BCUT2D eigenvalue weighted by Gasteiger charge is 2.18. The van der Waals surface area contributed by atoms with Crippen molar-refractivity contribution >= 4 is 29.3 Å². The summed E-state index contributed by atoms with van der Waals surface area (Å²) < 4.78 is 6.04. The molecule has 5 nitrogen and oxygen atoms in total. The van der Waals surface area contributed by atoms with E-state index < -0.39 is 5.41 Å². The first-order valence-corrected chi connectivity index (χ1v) is 7.86. The molecule has 23 heavy (non-hydrogen) atoms. The molecule has 1 heterocycles. The molecule has 0 spiro atoms. The highest BCUT2D eigenvalue weighted by molar-refractivity contribution is 7.07. The van der Waals surface area contributed by atoms with Crippen LogP contribution in [0.4, 0.5) is 0 Å². The van der Waals surface area contributed by atoms with Crippen LogP contribution in [0, 0.1) is 5.41 Å². The molecule has 0 aliphatic rings. The molecular formula is C17H19NO4S. The second-order valence-corrected chi connectivity index (χ2v) is 7.20. The Hall–Kier alpha value is -2.34. The highest BCUT2D eigenvalue weighted by Crippen LogP contribution is 2.26. The number of Topliss-reactive ketones (excluding diaryl/α,β-unsaturated/α-hetero) is 1. The van der Waals surface area contributed by atoms with Gasteiger partial charge in [-0.2, -0.15) is 0 Å². The summed E-state index contributed by atoms with van der Waals surface area (Å²) in [5.74, 6) is 0.323. The Balaban J connectivity index is 2.48. The number of thiazole rings is 1. The van der Waals surface area contributed by atoms with Gasteiger partial charge < -0.3 is 14.8 Å². The lowest BCUT2D eigenvalue weighted by Crippen LogP contribution is -2.22. The molecule has 0 amide bonds. The van der Waals surface area contributed by atoms with E-state index in [-0.39, 0.29) is 17.1 Å². The van der Waals surface area contributed by atoms with Crippen molar-refractivity contribution in [3.8, 4) is 11.5 Å². The van der Waals surface area contributed by atoms with Crippen molar-refractivity contribution in [2.75, 3.05) is 7.11 Å². The van der Waals surface area contributed by atoms with E-state index in [0.29, 0.717) is 14.9 Å². The summed E-state index contributed by atoms with van der Waals surface area (Å²) in [7, 11) is 1.46. The van der Waals surface area contributed by atoms with Gasteiger partial charge in [0.05, 0.1) is 16.3 Å². The van der Waals surface area contributed by atoms with Gasteiger partial charge in [-0.3, -0.25) is 9.59 Å². The molecule has 2 N–H and O–H groups in total. The molecule has 0 bridgehead atoms. The molecule has 2 rings (SSSR count). The number of aromatic amines is 1. The van der Waals surface area contributed by atoms with E-state index in [0.717, 1.165) is 5.56 Å². The second-order valence-electron chi connectivity index (χ2n) is 6.12. The Morgan fingerprint density at radius 3 is 2.65 bits per heavy atom. The standard InChI is InChI=1S/C17H19NO4S/c1-17(2,3)14(20)9-15-18-16(21)13(23-15)8-10-5-6-11(19)12(7-10)22-4/h5-9,19H,1-4H3,(H,18,21)/b13-8-,15-9-. The monoisotopic (exact) mass is 333 g/mol. The summed E-state index contributed by atoms with van der Waals surface area (Å²) in [5.41, 5.74) is -0.0228. The van der Waals surface area contributed by atoms with Crippen molar-refractivity contribution < 1.29 is 14.6 Å². The molecule has 1 aromatic heterocycles. The van der Waals surface area contributed by atoms with Crippen LogP contribution in [0.5, 0.6) is 11.5 Å². The quantitative estimate of drug-likeness (QED) is 0.889. The summed E-state index contributed by atoms with van der Waals surface area (Å²) >= 11 is 1.21. The van der Waals surface area contributed by atoms with Crippen LogP contribution in [0.15, 0.2) is 23.0 Å². The fourth-order valence-corrected chi connectivity index (χ4v) is 2.68. The van der Waals surface area contributed by atoms with Crippen molar-refractivity contribution in [2.24, 2.45) is 5.41 Å². The number of ether oxygens (including phenoxy) is 1. The van der Waals surface area contributed by atoms with Crippen LogP contribution in [-0.4, -0.2) is 23.0 Å². The topological polar surface area (TPSA) is 79.4 Å². The number of aromatic nitrogens is 1. The van der Waals surface area contributed by atoms with E-state index in [1.165, 1.54) is 30.6 Å². The molecular weight excluding hydrogens is 314 g/mol. The zero-order valence-corrected chi connectivity index (χ0v) is 14.3. The van der Waals surface area contributed by atoms with E-state index >= 15 is 0 Å². The van der Waals surface area contributed by atoms with Gasteiger partial charge in [-0.05, 0) is 23.8 Å². The first-order chi connectivity index (χ1) is 10.7. The van der Waals surface area contributed by atoms with Gasteiger partial charge in [0, 0.05) is 11.5 Å². The molecule has 0 radical (unpaired) electrons. The number of phenolic OH excluding ortho intramolecular Hbond substituents is 1. The molecule has 0 atom stereocenters. The third-order valence-corrected chi connectivity index (χ3v) is 4.15. The van der Waals surface area contributed by atoms with Crippen LogP contribution in [0.2, 0.25) is 0 Å². The largest absolute Gasteiger partial charge is 0.504 e. The molecule has 0 fully saturated rings. The normalized spacial score (nSPS) is 13.4. The Kier molecular flexibility index (Phi) is 4.75. The van der Waals surface area contributed by atoms with Crippen LogP contribution in [0.1, 0.15) is 26.3 Å². The highest BCUT2D eigenvalue weighted by atomic mass is 32.1. The lowest BCUT2D eigenvalue weighted by molar-refractivity contribution is -0.119. The van der Waals surface area contributed by atoms with Gasteiger partial charge in [-0.1, -0.05) is 26.8 Å². The number of phenols is 1. The van der Waals surface area contributed by atoms with Crippen molar-refractivity contribution in [3.05, 3.63) is 43.3 Å². The summed E-state index contributed by atoms with van der Waals surface area (Å²) in [6.07, 6.45) is 3.14. The van der Waals surface area contributed by atoms with Gasteiger partial charge in [-0.15, -0.1) is 11.3 Å². The third kappa shape index (κ3) is 4.10. The van der Waals surface area contributed by atoms with Crippen LogP contribution < -0.4 is 19.5 Å². The van der Waals surface area contributed by atoms with Gasteiger partial charge in [0.1, 0.15) is 0 Å². The van der Waals surface area contributed by atoms with E-state index in [1.54, 1.807) is 18.2 Å². The van der Waals surface area contributed by atoms with Crippen LogP contribution in [-0.2, 0) is 4.79 Å². The first-order valence-electron chi connectivity index (χ1n) is 7.05. The molecule has 1 aromatic carbocycles. The van der Waals surface area contributed by atoms with E-state index in [9.17, 15) is 14.7 Å². The SMILES string of the molecule is COc1cc(/C=c2\s/c(=C\C(=O)C(C)(C)C)[nH]c2=O)ccc1O. The summed E-state index contributed by atoms with van der Waals surface area (Å²) in [6.45, 7) is 5.48. The van der Waals surface area contributed by atoms with E-state index in [1.807, 2.05) is 20.8 Å². The number of benzene rings is 1. The Labute approximate surface area is 137 Å². The van der Waals surface area contributed by atoms with Crippen molar-refractivity contribution in [1.29, 1.82) is 0 Å². The van der Waals surface area contributed by atoms with Crippen molar-refractivity contribution in [1.82, 2.24) is 4.98 Å². The fourth-order valence-electron chi connectivity index (χ4n) is 1.80. The van der Waals surface area contributed by atoms with Crippen LogP contribution in [0.25, 0.3) is 12.2 Å². The smallest absolute Gasteiger partial charge is 0.266 e. The zero-order chi connectivity index (χ0) is 17.2. The number of ketones is 1. The maximum atomic E-state index is 12.0. The molecule has 0 saturated carbocycles. The number of nitrogens with one attached hydrogen (secondary N) is 1. The predicted molar refractivity (Wildman–Crippen MR) is 91.3 cm³/mol. The van der Waals surface area contributed by atoms with Gasteiger partial charge in [-0.25, -0.2) is 0 Å². The number of H-pyrrole nitrogens is 1. The summed E-state index contributed by atoms with van der Waals surface area (Å²) in [4.78, 5) is 26.7. The number of methoxy groups -OCH3 is 1. The maximum Gasteiger partial charge on any atom is 0.266 e. The molecule has 0 saturated heterocycles. The molecule has 2 aromatic rings. The van der Waals surface area contributed by atoms with E-state index in [2.05, 4.69) is 4.98 Å². The van der Waals surface area contributed by atoms with Gasteiger partial charge in [0.25, 0.3) is 5.56 Å². The summed E-state index contributed by atoms with van der Waals surface area (Å²) in [5, 5.41) is 9.59. The minimum atomic E-state index is -0.491. The number of rotatable bonds is 3. The Morgan fingerprint density at radius 1 is 1.35 bits per heavy atom. The van der Waals surface area contributed by atoms with E-state index in [4.69, 9.17) is 4.74 Å². The van der Waals surface area contributed by atoms with Gasteiger partial charge in [0.2, 0.25) is 0 Å². The lowest BCUT2D eigenvalue weighted by Gasteiger charge is -2.12. The Bertz CT molecular complexity index is 900. The predicted octanol–water partition coefficient (Wildman–Crippen LogP) is 1.38. The molecule has 6 heteroatoms. The van der Waals surface area contributed by atoms with Crippen LogP contribution >= 0.6 is 11.3 Å². The Morgan fingerprint density at radius 2 is 2.04 bits per heavy atom. The van der Waals surface area contributed by atoms with Gasteiger partial charge in [0.15, 0.2) is 17.3 Å². The average Bonchev–Trinajstić information content (AvgIpc) is 2.79. The minimum Gasteiger partial charge on any atom is -0.504 e. The second kappa shape index (κ2) is 6.42. The lowest BCUT2D eigenvalue weighted by atomic mass is 9.91. The fraction of sp³-hybridized carbons (Fsp3) is 0.294. The van der Waals surface area contributed by atoms with Crippen molar-refractivity contribution in [2.45, 2.75) is 20.8 Å². The third-order valence-electron chi connectivity index (χ3n) is 3.18. The number of aromatic hydroxyl groups is 1. The van der Waals surface area contributed by atoms with Crippen LogP contribution in [0.3, 0.4) is 0 Å². The summed E-state index contributed by atoms with van der Waals surface area (Å²) in [6, 6.07) is 4.82. The molecule has 122 valence electrons. The first kappa shape index (κ1) is 17.0. The molecule has 0 aliphatic heterocycles. The van der Waals surface area contributed by atoms with Crippen molar-refractivity contribution in [3.63, 3.8) is 0 Å². The molecule has 0 aliphatic carbocycles. The number of carbonyl (C=O) groups excluding carboxylic acids is 1. The minimum absolute atomic E-state index is 0.0366. The number of hydrogen-bond donors (Lipinski definition) is 2. The zero-order valence-electron chi connectivity index (χ0n) is 13.5. The number of carbonyl (C=O) groups is 1. The maximum absolute atomic E-state index is 12.0. The van der Waals surface area contributed by atoms with Gasteiger partial charge >= 0.3 is 0 Å². The molecule has 0 unspecified atom stereocenters. The number of hydrogen-bond acceptors (Lipinski definition) is 5.